The number of allylic oxidation sites excluding steroid dienone is 2. The third-order valence-corrected chi connectivity index (χ3v) is 6.02. The first kappa shape index (κ1) is 24.2. The molecule has 0 atom stereocenters. The molecule has 0 radical (unpaired) electrons. The largest absolute Gasteiger partial charge is 0.493 e. The van der Waals surface area contributed by atoms with Crippen LogP contribution in [0.1, 0.15) is 16.7 Å². The molecule has 0 N–H and O–H groups in total. The molecule has 3 rings (SSSR count). The number of nitro groups is 1. The number of rotatable bonds is 9. The summed E-state index contributed by atoms with van der Waals surface area (Å²) < 4.78 is 36.4. The zero-order valence-electron chi connectivity index (χ0n) is 18.2. The van der Waals surface area contributed by atoms with Crippen LogP contribution in [0.4, 0.5) is 5.69 Å². The molecule has 0 amide bonds. The maximum atomic E-state index is 12.8. The molecule has 0 aliphatic carbocycles. The molecule has 0 spiro atoms. The SMILES string of the molecule is C=CCc1cc(/C=C(\C#N)c2ccc([N+](=O)[O-])cc2)cc(OC)c1OS(=O)(=O)c1ccccc1. The van der Waals surface area contributed by atoms with Crippen LogP contribution in [0.5, 0.6) is 11.5 Å². The fourth-order valence-electron chi connectivity index (χ4n) is 3.17. The monoisotopic (exact) mass is 476 g/mol. The zero-order valence-corrected chi connectivity index (χ0v) is 19.0. The molecular formula is C25H20N2O6S. The van der Waals surface area contributed by atoms with E-state index >= 15 is 0 Å². The van der Waals surface area contributed by atoms with Crippen LogP contribution in [0.2, 0.25) is 0 Å². The summed E-state index contributed by atoms with van der Waals surface area (Å²) in [6.07, 6.45) is 3.44. The van der Waals surface area contributed by atoms with Crippen LogP contribution in [0.15, 0.2) is 84.3 Å². The van der Waals surface area contributed by atoms with Gasteiger partial charge in [-0.3, -0.25) is 10.1 Å². The average molecular weight is 477 g/mol. The lowest BCUT2D eigenvalue weighted by atomic mass is 10.0. The van der Waals surface area contributed by atoms with Crippen LogP contribution in [-0.2, 0) is 16.5 Å². The third-order valence-electron chi connectivity index (χ3n) is 4.78. The molecule has 0 bridgehead atoms. The Kier molecular flexibility index (Phi) is 7.46. The Balaban J connectivity index is 2.06. The number of ether oxygens (including phenoxy) is 1. The Hall–Kier alpha value is -4.42. The van der Waals surface area contributed by atoms with Gasteiger partial charge < -0.3 is 8.92 Å². The van der Waals surface area contributed by atoms with E-state index in [0.717, 1.165) is 0 Å². The highest BCUT2D eigenvalue weighted by atomic mass is 32.2. The van der Waals surface area contributed by atoms with Gasteiger partial charge in [0.05, 0.1) is 23.7 Å². The lowest BCUT2D eigenvalue weighted by Crippen LogP contribution is -2.12. The van der Waals surface area contributed by atoms with E-state index in [1.54, 1.807) is 42.5 Å². The summed E-state index contributed by atoms with van der Waals surface area (Å²) in [5, 5.41) is 20.5. The van der Waals surface area contributed by atoms with Crippen molar-refractivity contribution in [2.45, 2.75) is 11.3 Å². The van der Waals surface area contributed by atoms with Crippen molar-refractivity contribution in [2.24, 2.45) is 0 Å². The lowest BCUT2D eigenvalue weighted by Gasteiger charge is -2.15. The molecule has 0 saturated carbocycles. The van der Waals surface area contributed by atoms with Crippen LogP contribution < -0.4 is 8.92 Å². The molecule has 0 unspecified atom stereocenters. The van der Waals surface area contributed by atoms with Gasteiger partial charge >= 0.3 is 10.1 Å². The van der Waals surface area contributed by atoms with Gasteiger partial charge in [-0.05, 0) is 60.0 Å². The van der Waals surface area contributed by atoms with Crippen LogP contribution in [0, 0.1) is 21.4 Å². The van der Waals surface area contributed by atoms with Crippen molar-refractivity contribution in [1.82, 2.24) is 0 Å². The van der Waals surface area contributed by atoms with Crippen LogP contribution >= 0.6 is 0 Å². The average Bonchev–Trinajstić information content (AvgIpc) is 2.84. The molecule has 0 saturated heterocycles. The van der Waals surface area contributed by atoms with Crippen molar-refractivity contribution in [2.75, 3.05) is 7.11 Å². The van der Waals surface area contributed by atoms with Crippen molar-refractivity contribution in [1.29, 1.82) is 5.26 Å². The number of nitro benzene ring substituents is 1. The highest BCUT2D eigenvalue weighted by Gasteiger charge is 2.22. The molecular weight excluding hydrogens is 456 g/mol. The number of nitrogens with zero attached hydrogens (tertiary/aromatic N) is 2. The third kappa shape index (κ3) is 5.49. The molecule has 34 heavy (non-hydrogen) atoms. The molecule has 0 fully saturated rings. The predicted molar refractivity (Wildman–Crippen MR) is 128 cm³/mol. The smallest absolute Gasteiger partial charge is 0.339 e. The number of benzene rings is 3. The minimum absolute atomic E-state index is 0.00415. The first-order valence-corrected chi connectivity index (χ1v) is 11.4. The Labute approximate surface area is 197 Å². The molecule has 3 aromatic rings. The van der Waals surface area contributed by atoms with E-state index in [0.29, 0.717) is 16.7 Å². The number of methoxy groups -OCH3 is 1. The number of non-ortho nitro benzene ring substituents is 1. The van der Waals surface area contributed by atoms with Crippen LogP contribution in [-0.4, -0.2) is 20.5 Å². The van der Waals surface area contributed by atoms with Gasteiger partial charge in [0.25, 0.3) is 5.69 Å². The molecule has 3 aromatic carbocycles. The highest BCUT2D eigenvalue weighted by molar-refractivity contribution is 7.87. The second-order valence-corrected chi connectivity index (χ2v) is 8.57. The summed E-state index contributed by atoms with van der Waals surface area (Å²) in [6.45, 7) is 3.72. The van der Waals surface area contributed by atoms with Crippen LogP contribution in [0.3, 0.4) is 0 Å². The molecule has 172 valence electrons. The van der Waals surface area contributed by atoms with E-state index in [4.69, 9.17) is 8.92 Å². The second-order valence-electron chi connectivity index (χ2n) is 7.03. The van der Waals surface area contributed by atoms with Gasteiger partial charge in [0.1, 0.15) is 4.90 Å². The van der Waals surface area contributed by atoms with E-state index in [9.17, 15) is 23.8 Å². The second kappa shape index (κ2) is 10.5. The highest BCUT2D eigenvalue weighted by Crippen LogP contribution is 2.37. The van der Waals surface area contributed by atoms with E-state index in [1.807, 2.05) is 0 Å². The van der Waals surface area contributed by atoms with E-state index in [-0.39, 0.29) is 34.1 Å². The molecule has 9 heteroatoms. The van der Waals surface area contributed by atoms with E-state index in [1.165, 1.54) is 43.5 Å². The minimum atomic E-state index is -4.12. The Bertz CT molecular complexity index is 1390. The van der Waals surface area contributed by atoms with Crippen molar-refractivity contribution in [3.8, 4) is 17.6 Å². The first-order chi connectivity index (χ1) is 16.3. The maximum Gasteiger partial charge on any atom is 0.339 e. The van der Waals surface area contributed by atoms with E-state index < -0.39 is 15.0 Å². The summed E-state index contributed by atoms with van der Waals surface area (Å²) in [7, 11) is -2.74. The Morgan fingerprint density at radius 1 is 1.15 bits per heavy atom. The van der Waals surface area contributed by atoms with E-state index in [2.05, 4.69) is 12.6 Å². The lowest BCUT2D eigenvalue weighted by molar-refractivity contribution is -0.384. The van der Waals surface area contributed by atoms with Gasteiger partial charge in [-0.15, -0.1) is 6.58 Å². The number of hydrogen-bond acceptors (Lipinski definition) is 7. The van der Waals surface area contributed by atoms with Crippen LogP contribution in [0.25, 0.3) is 11.6 Å². The first-order valence-electron chi connectivity index (χ1n) is 9.97. The summed E-state index contributed by atoms with van der Waals surface area (Å²) in [5.41, 5.74) is 1.70. The standard InChI is InChI=1S/C25H20N2O6S/c1-3-7-20-14-18(15-21(17-26)19-10-12-22(13-11-19)27(28)29)16-24(32-2)25(20)33-34(30,31)23-8-5-4-6-9-23/h3-6,8-16H,1,7H2,2H3/b21-15+. The molecule has 0 aromatic heterocycles. The van der Waals surface area contributed by atoms with Gasteiger partial charge in [0.15, 0.2) is 11.5 Å². The summed E-state index contributed by atoms with van der Waals surface area (Å²) in [5.74, 6) is 0.184. The number of hydrogen-bond donors (Lipinski definition) is 0. The Morgan fingerprint density at radius 3 is 2.38 bits per heavy atom. The van der Waals surface area contributed by atoms with Gasteiger partial charge in [-0.25, -0.2) is 0 Å². The predicted octanol–water partition coefficient (Wildman–Crippen LogP) is 5.16. The normalized spacial score (nSPS) is 11.4. The van der Waals surface area contributed by atoms with Gasteiger partial charge in [0.2, 0.25) is 0 Å². The van der Waals surface area contributed by atoms with Crippen molar-refractivity contribution in [3.05, 3.63) is 106 Å². The minimum Gasteiger partial charge on any atom is -0.493 e. The summed E-state index contributed by atoms with van der Waals surface area (Å²) >= 11 is 0. The van der Waals surface area contributed by atoms with Crippen molar-refractivity contribution >= 4 is 27.5 Å². The zero-order chi connectivity index (χ0) is 24.7. The summed E-state index contributed by atoms with van der Waals surface area (Å²) in [6, 6.07) is 18.6. The summed E-state index contributed by atoms with van der Waals surface area (Å²) in [4.78, 5) is 10.4. The molecule has 0 aliphatic heterocycles. The Morgan fingerprint density at radius 2 is 1.82 bits per heavy atom. The molecule has 0 heterocycles. The molecule has 8 nitrogen and oxygen atoms in total. The van der Waals surface area contributed by atoms with Gasteiger partial charge in [-0.1, -0.05) is 24.3 Å². The number of nitriles is 1. The quantitative estimate of drug-likeness (QED) is 0.104. The fraction of sp³-hybridized carbons (Fsp3) is 0.0800. The van der Waals surface area contributed by atoms with Gasteiger partial charge in [-0.2, -0.15) is 13.7 Å². The van der Waals surface area contributed by atoms with Crippen molar-refractivity contribution in [3.63, 3.8) is 0 Å². The van der Waals surface area contributed by atoms with Gasteiger partial charge in [0, 0.05) is 17.7 Å². The fourth-order valence-corrected chi connectivity index (χ4v) is 4.17. The maximum absolute atomic E-state index is 12.8. The molecule has 0 aliphatic rings. The van der Waals surface area contributed by atoms with Crippen molar-refractivity contribution < 1.29 is 22.3 Å². The topological polar surface area (TPSA) is 120 Å².